The van der Waals surface area contributed by atoms with Crippen molar-refractivity contribution < 1.29 is 0 Å². The van der Waals surface area contributed by atoms with Crippen LogP contribution < -0.4 is 5.73 Å². The molecule has 1 heterocycles. The third kappa shape index (κ3) is 2.80. The summed E-state index contributed by atoms with van der Waals surface area (Å²) < 4.78 is 0. The van der Waals surface area contributed by atoms with Crippen LogP contribution in [0.15, 0.2) is 12.2 Å². The SMILES string of the molecule is NC1C=CC(CN2CCC3(CCCCC3)CC2)C1. The number of piperidine rings is 1. The predicted molar refractivity (Wildman–Crippen MR) is 76.4 cm³/mol. The average Bonchev–Trinajstić information content (AvgIpc) is 2.79. The lowest BCUT2D eigenvalue weighted by Crippen LogP contribution is -2.42. The molecule has 0 aromatic carbocycles. The third-order valence-corrected chi connectivity index (χ3v) is 5.53. The van der Waals surface area contributed by atoms with Gasteiger partial charge >= 0.3 is 0 Å². The Bertz CT molecular complexity index is 294. The van der Waals surface area contributed by atoms with E-state index in [0.29, 0.717) is 6.04 Å². The zero-order valence-electron chi connectivity index (χ0n) is 11.6. The summed E-state index contributed by atoms with van der Waals surface area (Å²) in [4.78, 5) is 2.69. The summed E-state index contributed by atoms with van der Waals surface area (Å²) >= 11 is 0. The van der Waals surface area contributed by atoms with Crippen LogP contribution in [0, 0.1) is 11.3 Å². The highest BCUT2D eigenvalue weighted by molar-refractivity contribution is 5.05. The van der Waals surface area contributed by atoms with Gasteiger partial charge in [-0.1, -0.05) is 31.4 Å². The first-order valence-corrected chi connectivity index (χ1v) is 7.92. The first-order chi connectivity index (χ1) is 8.76. The standard InChI is InChI=1S/C16H28N2/c17-15-5-4-14(12-15)13-18-10-8-16(9-11-18)6-2-1-3-7-16/h4-5,14-15H,1-3,6-13,17H2. The van der Waals surface area contributed by atoms with Gasteiger partial charge in [0.1, 0.15) is 0 Å². The van der Waals surface area contributed by atoms with Gasteiger partial charge in [-0.15, -0.1) is 0 Å². The van der Waals surface area contributed by atoms with Crippen LogP contribution in [-0.4, -0.2) is 30.6 Å². The molecule has 3 rings (SSSR count). The van der Waals surface area contributed by atoms with E-state index in [9.17, 15) is 0 Å². The molecule has 1 aliphatic heterocycles. The summed E-state index contributed by atoms with van der Waals surface area (Å²) in [5, 5.41) is 0. The molecular weight excluding hydrogens is 220 g/mol. The van der Waals surface area contributed by atoms with Gasteiger partial charge in [0.25, 0.3) is 0 Å². The lowest BCUT2D eigenvalue weighted by molar-refractivity contribution is 0.0627. The molecule has 0 aromatic heterocycles. The molecule has 1 spiro atoms. The lowest BCUT2D eigenvalue weighted by atomic mass is 9.68. The summed E-state index contributed by atoms with van der Waals surface area (Å²) in [5.41, 5.74) is 6.68. The minimum Gasteiger partial charge on any atom is -0.324 e. The molecule has 1 saturated heterocycles. The maximum Gasteiger partial charge on any atom is 0.0229 e. The number of hydrogen-bond donors (Lipinski definition) is 1. The second-order valence-electron chi connectivity index (χ2n) is 6.91. The van der Waals surface area contributed by atoms with E-state index >= 15 is 0 Å². The largest absolute Gasteiger partial charge is 0.324 e. The molecule has 0 amide bonds. The molecule has 1 saturated carbocycles. The van der Waals surface area contributed by atoms with E-state index in [0.717, 1.165) is 11.3 Å². The number of rotatable bonds is 2. The summed E-state index contributed by atoms with van der Waals surface area (Å²) in [6.45, 7) is 3.92. The van der Waals surface area contributed by atoms with Crippen LogP contribution >= 0.6 is 0 Å². The molecule has 2 unspecified atom stereocenters. The third-order valence-electron chi connectivity index (χ3n) is 5.53. The minimum atomic E-state index is 0.324. The molecule has 3 aliphatic rings. The highest BCUT2D eigenvalue weighted by atomic mass is 15.1. The van der Waals surface area contributed by atoms with Crippen LogP contribution in [0.2, 0.25) is 0 Å². The second-order valence-corrected chi connectivity index (χ2v) is 6.91. The van der Waals surface area contributed by atoms with Crippen LogP contribution in [0.1, 0.15) is 51.4 Å². The quantitative estimate of drug-likeness (QED) is 0.761. The van der Waals surface area contributed by atoms with E-state index in [1.165, 1.54) is 71.0 Å². The van der Waals surface area contributed by atoms with Crippen molar-refractivity contribution in [1.82, 2.24) is 4.90 Å². The van der Waals surface area contributed by atoms with Gasteiger partial charge < -0.3 is 10.6 Å². The van der Waals surface area contributed by atoms with Crippen molar-refractivity contribution in [2.75, 3.05) is 19.6 Å². The summed E-state index contributed by atoms with van der Waals surface area (Å²) in [7, 11) is 0. The van der Waals surface area contributed by atoms with Gasteiger partial charge in [-0.05, 0) is 56.5 Å². The van der Waals surface area contributed by atoms with Crippen LogP contribution in [0.4, 0.5) is 0 Å². The van der Waals surface area contributed by atoms with Crippen LogP contribution in [-0.2, 0) is 0 Å². The fourth-order valence-corrected chi connectivity index (χ4v) is 4.29. The highest BCUT2D eigenvalue weighted by Gasteiger charge is 2.35. The highest BCUT2D eigenvalue weighted by Crippen LogP contribution is 2.44. The first-order valence-electron chi connectivity index (χ1n) is 7.92. The van der Waals surface area contributed by atoms with Crippen molar-refractivity contribution in [1.29, 1.82) is 0 Å². The van der Waals surface area contributed by atoms with Gasteiger partial charge in [-0.25, -0.2) is 0 Å². The van der Waals surface area contributed by atoms with E-state index in [4.69, 9.17) is 5.73 Å². The second kappa shape index (κ2) is 5.34. The van der Waals surface area contributed by atoms with Gasteiger partial charge in [0, 0.05) is 12.6 Å². The zero-order chi connectivity index (χ0) is 12.4. The maximum atomic E-state index is 5.94. The van der Waals surface area contributed by atoms with Crippen molar-refractivity contribution in [2.45, 2.75) is 57.4 Å². The Hall–Kier alpha value is -0.340. The van der Waals surface area contributed by atoms with Crippen molar-refractivity contribution in [3.63, 3.8) is 0 Å². The van der Waals surface area contributed by atoms with Gasteiger partial charge in [0.2, 0.25) is 0 Å². The number of likely N-dealkylation sites (tertiary alicyclic amines) is 1. The predicted octanol–water partition coefficient (Wildman–Crippen LogP) is 2.94. The van der Waals surface area contributed by atoms with Gasteiger partial charge in [-0.2, -0.15) is 0 Å². The Kier molecular flexibility index (Phi) is 3.76. The number of hydrogen-bond acceptors (Lipinski definition) is 2. The van der Waals surface area contributed by atoms with E-state index in [1.54, 1.807) is 0 Å². The normalized spacial score (nSPS) is 36.3. The molecule has 2 heteroatoms. The molecule has 2 fully saturated rings. The molecule has 2 aliphatic carbocycles. The van der Waals surface area contributed by atoms with Crippen LogP contribution in [0.25, 0.3) is 0 Å². The molecule has 2 nitrogen and oxygen atoms in total. The number of nitrogens with two attached hydrogens (primary N) is 1. The maximum absolute atomic E-state index is 5.94. The van der Waals surface area contributed by atoms with Crippen molar-refractivity contribution in [2.24, 2.45) is 17.1 Å². The molecule has 2 atom stereocenters. The van der Waals surface area contributed by atoms with E-state index in [-0.39, 0.29) is 0 Å². The smallest absolute Gasteiger partial charge is 0.0229 e. The Labute approximate surface area is 112 Å². The number of nitrogens with zero attached hydrogens (tertiary/aromatic N) is 1. The topological polar surface area (TPSA) is 29.3 Å². The molecular formula is C16H28N2. The Balaban J connectivity index is 1.46. The van der Waals surface area contributed by atoms with E-state index < -0.39 is 0 Å². The summed E-state index contributed by atoms with van der Waals surface area (Å²) in [6.07, 6.45) is 16.1. The molecule has 0 radical (unpaired) electrons. The lowest BCUT2D eigenvalue weighted by Gasteiger charge is -2.44. The fraction of sp³-hybridized carbons (Fsp3) is 0.875. The first kappa shape index (κ1) is 12.7. The van der Waals surface area contributed by atoms with Crippen molar-refractivity contribution in [3.05, 3.63) is 12.2 Å². The van der Waals surface area contributed by atoms with Crippen molar-refractivity contribution in [3.8, 4) is 0 Å². The monoisotopic (exact) mass is 248 g/mol. The van der Waals surface area contributed by atoms with Gasteiger partial charge in [-0.3, -0.25) is 0 Å². The average molecular weight is 248 g/mol. The van der Waals surface area contributed by atoms with E-state index in [2.05, 4.69) is 17.1 Å². The Morgan fingerprint density at radius 1 is 1.00 bits per heavy atom. The van der Waals surface area contributed by atoms with Crippen molar-refractivity contribution >= 4 is 0 Å². The van der Waals surface area contributed by atoms with Crippen LogP contribution in [0.5, 0.6) is 0 Å². The van der Waals surface area contributed by atoms with Crippen LogP contribution in [0.3, 0.4) is 0 Å². The van der Waals surface area contributed by atoms with Gasteiger partial charge in [0.05, 0.1) is 0 Å². The minimum absolute atomic E-state index is 0.324. The Morgan fingerprint density at radius 2 is 1.72 bits per heavy atom. The molecule has 0 bridgehead atoms. The van der Waals surface area contributed by atoms with Gasteiger partial charge in [0.15, 0.2) is 0 Å². The summed E-state index contributed by atoms with van der Waals surface area (Å²) in [5.74, 6) is 0.723. The van der Waals surface area contributed by atoms with E-state index in [1.807, 2.05) is 0 Å². The molecule has 18 heavy (non-hydrogen) atoms. The zero-order valence-corrected chi connectivity index (χ0v) is 11.6. The Morgan fingerprint density at radius 3 is 2.33 bits per heavy atom. The molecule has 0 aromatic rings. The molecule has 2 N–H and O–H groups in total. The fourth-order valence-electron chi connectivity index (χ4n) is 4.29. The molecule has 102 valence electrons. The summed E-state index contributed by atoms with van der Waals surface area (Å²) in [6, 6.07) is 0.324.